The monoisotopic (exact) mass is 469 g/mol. The van der Waals surface area contributed by atoms with E-state index in [9.17, 15) is 13.2 Å². The van der Waals surface area contributed by atoms with Crippen molar-refractivity contribution in [2.45, 2.75) is 57.6 Å². The first-order valence-corrected chi connectivity index (χ1v) is 12.4. The van der Waals surface area contributed by atoms with Crippen molar-refractivity contribution >= 4 is 16.0 Å². The number of sulfonamides is 1. The summed E-state index contributed by atoms with van der Waals surface area (Å²) in [6.07, 6.45) is 2.67. The van der Waals surface area contributed by atoms with Crippen molar-refractivity contribution in [1.29, 1.82) is 0 Å². The third-order valence-electron chi connectivity index (χ3n) is 5.96. The molecule has 33 heavy (non-hydrogen) atoms. The molecule has 1 fully saturated rings. The second-order valence-corrected chi connectivity index (χ2v) is 10.2. The van der Waals surface area contributed by atoms with Crippen molar-refractivity contribution in [2.75, 3.05) is 6.54 Å². The summed E-state index contributed by atoms with van der Waals surface area (Å²) in [7, 11) is -3.70. The molecule has 0 aliphatic carbocycles. The van der Waals surface area contributed by atoms with Crippen molar-refractivity contribution in [3.8, 4) is 11.4 Å². The number of carbonyl (C=O) groups excluding carboxylic acids is 1. The lowest BCUT2D eigenvalue weighted by molar-refractivity contribution is 0.0428. The number of aromatic nitrogens is 2. The van der Waals surface area contributed by atoms with E-state index in [-0.39, 0.29) is 29.0 Å². The van der Waals surface area contributed by atoms with Gasteiger partial charge in [0.2, 0.25) is 15.8 Å². The molecule has 2 heterocycles. The number of nitrogens with zero attached hydrogens (tertiary/aromatic N) is 3. The lowest BCUT2D eigenvalue weighted by Gasteiger charge is -2.32. The van der Waals surface area contributed by atoms with E-state index in [4.69, 9.17) is 9.26 Å². The summed E-state index contributed by atoms with van der Waals surface area (Å²) in [5.41, 5.74) is 2.65. The molecular weight excluding hydrogens is 442 g/mol. The third kappa shape index (κ3) is 4.84. The van der Waals surface area contributed by atoms with E-state index in [2.05, 4.69) is 10.1 Å². The molecule has 0 bridgehead atoms. The number of ether oxygens (including phenoxy) is 1. The number of rotatable bonds is 6. The summed E-state index contributed by atoms with van der Waals surface area (Å²) in [5.74, 6) is -0.0730. The molecule has 1 aliphatic heterocycles. The van der Waals surface area contributed by atoms with E-state index in [1.54, 1.807) is 13.0 Å². The zero-order valence-electron chi connectivity index (χ0n) is 18.9. The van der Waals surface area contributed by atoms with Crippen LogP contribution in [0.2, 0.25) is 0 Å². The van der Waals surface area contributed by atoms with Gasteiger partial charge in [-0.3, -0.25) is 0 Å². The van der Waals surface area contributed by atoms with Gasteiger partial charge in [0.25, 0.3) is 5.89 Å². The van der Waals surface area contributed by atoms with Gasteiger partial charge >= 0.3 is 5.97 Å². The average molecular weight is 470 g/mol. The summed E-state index contributed by atoms with van der Waals surface area (Å²) in [4.78, 5) is 17.2. The molecule has 1 aromatic heterocycles. The molecular formula is C24H27N3O5S. The van der Waals surface area contributed by atoms with Gasteiger partial charge in [0.15, 0.2) is 6.61 Å². The minimum Gasteiger partial charge on any atom is -0.452 e. The minimum atomic E-state index is -3.70. The van der Waals surface area contributed by atoms with E-state index in [1.807, 2.05) is 38.1 Å². The molecule has 174 valence electrons. The summed E-state index contributed by atoms with van der Waals surface area (Å²) < 4.78 is 38.4. The van der Waals surface area contributed by atoms with E-state index < -0.39 is 16.0 Å². The molecule has 0 saturated carbocycles. The molecule has 1 aliphatic rings. The van der Waals surface area contributed by atoms with Gasteiger partial charge in [0, 0.05) is 18.2 Å². The molecule has 0 spiro atoms. The topological polar surface area (TPSA) is 103 Å². The van der Waals surface area contributed by atoms with Crippen LogP contribution in [0.4, 0.5) is 0 Å². The maximum atomic E-state index is 13.2. The molecule has 9 heteroatoms. The Kier molecular flexibility index (Phi) is 6.62. The number of esters is 1. The Labute approximate surface area is 193 Å². The summed E-state index contributed by atoms with van der Waals surface area (Å²) in [5, 5.41) is 3.96. The first-order chi connectivity index (χ1) is 15.8. The van der Waals surface area contributed by atoms with Crippen molar-refractivity contribution in [2.24, 2.45) is 0 Å². The predicted octanol–water partition coefficient (Wildman–Crippen LogP) is 4.27. The van der Waals surface area contributed by atoms with Gasteiger partial charge in [0.05, 0.1) is 10.5 Å². The molecule has 1 saturated heterocycles. The lowest BCUT2D eigenvalue weighted by atomic mass is 10.1. The summed E-state index contributed by atoms with van der Waals surface area (Å²) >= 11 is 0. The van der Waals surface area contributed by atoms with Crippen LogP contribution in [0.25, 0.3) is 11.4 Å². The van der Waals surface area contributed by atoms with Crippen molar-refractivity contribution in [1.82, 2.24) is 14.4 Å². The molecule has 0 amide bonds. The number of benzene rings is 2. The summed E-state index contributed by atoms with van der Waals surface area (Å²) in [6.45, 7) is 5.86. The molecule has 1 atom stereocenters. The van der Waals surface area contributed by atoms with Gasteiger partial charge in [-0.25, -0.2) is 13.2 Å². The maximum absolute atomic E-state index is 13.2. The van der Waals surface area contributed by atoms with Gasteiger partial charge in [-0.2, -0.15) is 9.29 Å². The molecule has 4 rings (SSSR count). The van der Waals surface area contributed by atoms with Gasteiger partial charge in [-0.1, -0.05) is 41.9 Å². The molecule has 1 unspecified atom stereocenters. The highest BCUT2D eigenvalue weighted by atomic mass is 32.2. The summed E-state index contributed by atoms with van der Waals surface area (Å²) in [6, 6.07) is 12.1. The van der Waals surface area contributed by atoms with E-state index >= 15 is 0 Å². The first kappa shape index (κ1) is 23.1. The number of hydrogen-bond donors (Lipinski definition) is 0. The maximum Gasteiger partial charge on any atom is 0.338 e. The van der Waals surface area contributed by atoms with Crippen LogP contribution in [-0.2, 0) is 21.4 Å². The number of hydrogen-bond acceptors (Lipinski definition) is 7. The Hall–Kier alpha value is -3.04. The van der Waals surface area contributed by atoms with Crippen LogP contribution in [0.15, 0.2) is 51.9 Å². The van der Waals surface area contributed by atoms with E-state index in [0.29, 0.717) is 17.9 Å². The fraction of sp³-hybridized carbons (Fsp3) is 0.375. The average Bonchev–Trinajstić information content (AvgIpc) is 3.27. The van der Waals surface area contributed by atoms with Gasteiger partial charge in [-0.15, -0.1) is 0 Å². The second kappa shape index (κ2) is 9.44. The molecule has 0 N–H and O–H groups in total. The third-order valence-corrected chi connectivity index (χ3v) is 7.97. The van der Waals surface area contributed by atoms with Crippen LogP contribution < -0.4 is 0 Å². The van der Waals surface area contributed by atoms with Crippen LogP contribution in [0.3, 0.4) is 0 Å². The van der Waals surface area contributed by atoms with Crippen LogP contribution in [-0.4, -0.2) is 41.4 Å². The highest BCUT2D eigenvalue weighted by Gasteiger charge is 2.31. The molecule has 0 radical (unpaired) electrons. The number of carbonyl (C=O) groups is 1. The number of aryl methyl sites for hydroxylation is 2. The Balaban J connectivity index is 1.50. The Morgan fingerprint density at radius 1 is 1.15 bits per heavy atom. The molecule has 8 nitrogen and oxygen atoms in total. The predicted molar refractivity (Wildman–Crippen MR) is 122 cm³/mol. The smallest absolute Gasteiger partial charge is 0.338 e. The Bertz CT molecular complexity index is 1270. The first-order valence-electron chi connectivity index (χ1n) is 11.0. The van der Waals surface area contributed by atoms with Gasteiger partial charge < -0.3 is 9.26 Å². The largest absolute Gasteiger partial charge is 0.452 e. The van der Waals surface area contributed by atoms with E-state index in [0.717, 1.165) is 30.4 Å². The molecule has 2 aromatic carbocycles. The highest BCUT2D eigenvalue weighted by Crippen LogP contribution is 2.27. The standard InChI is InChI=1S/C24H27N3O5S/c1-16-8-4-5-10-20(16)23-25-22(32-26-23)15-31-24(28)21-14-19(12-11-17(21)2)33(29,30)27-13-7-6-9-18(27)3/h4-5,8,10-12,14,18H,6-7,9,13,15H2,1-3H3. The molecule has 3 aromatic rings. The zero-order valence-corrected chi connectivity index (χ0v) is 19.8. The Morgan fingerprint density at radius 2 is 1.94 bits per heavy atom. The number of piperidine rings is 1. The van der Waals surface area contributed by atoms with Gasteiger partial charge in [0.1, 0.15) is 0 Å². The van der Waals surface area contributed by atoms with Crippen molar-refractivity contribution in [3.63, 3.8) is 0 Å². The van der Waals surface area contributed by atoms with Crippen LogP contribution >= 0.6 is 0 Å². The van der Waals surface area contributed by atoms with Crippen molar-refractivity contribution < 1.29 is 22.5 Å². The van der Waals surface area contributed by atoms with E-state index in [1.165, 1.54) is 16.4 Å². The van der Waals surface area contributed by atoms with Crippen LogP contribution in [0.1, 0.15) is 53.6 Å². The second-order valence-electron chi connectivity index (χ2n) is 8.34. The van der Waals surface area contributed by atoms with Crippen molar-refractivity contribution in [3.05, 3.63) is 65.0 Å². The Morgan fingerprint density at radius 3 is 2.70 bits per heavy atom. The fourth-order valence-corrected chi connectivity index (χ4v) is 5.72. The lowest BCUT2D eigenvalue weighted by Crippen LogP contribution is -2.41. The van der Waals surface area contributed by atoms with Crippen LogP contribution in [0, 0.1) is 13.8 Å². The SMILES string of the molecule is Cc1ccc(S(=O)(=O)N2CCCCC2C)cc1C(=O)OCc1nc(-c2ccccc2C)no1. The van der Waals surface area contributed by atoms with Gasteiger partial charge in [-0.05, 0) is 56.9 Å². The minimum absolute atomic E-state index is 0.0690. The van der Waals surface area contributed by atoms with Crippen LogP contribution in [0.5, 0.6) is 0 Å². The highest BCUT2D eigenvalue weighted by molar-refractivity contribution is 7.89. The fourth-order valence-electron chi connectivity index (χ4n) is 4.00. The normalized spacial score (nSPS) is 17.1. The zero-order chi connectivity index (χ0) is 23.6. The quantitative estimate of drug-likeness (QED) is 0.497.